The second kappa shape index (κ2) is 8.81. The summed E-state index contributed by atoms with van der Waals surface area (Å²) < 4.78 is 6.81. The summed E-state index contributed by atoms with van der Waals surface area (Å²) in [5.74, 6) is -0.487. The van der Waals surface area contributed by atoms with Crippen LogP contribution in [-0.4, -0.2) is 15.5 Å². The number of benzene rings is 2. The Kier molecular flexibility index (Phi) is 5.97. The van der Waals surface area contributed by atoms with Crippen LogP contribution in [0.25, 0.3) is 20.7 Å². The van der Waals surface area contributed by atoms with Gasteiger partial charge in [-0.25, -0.2) is 9.78 Å². The van der Waals surface area contributed by atoms with Gasteiger partial charge in [0.25, 0.3) is 5.56 Å². The van der Waals surface area contributed by atoms with Crippen LogP contribution in [0.1, 0.15) is 24.9 Å². The molecule has 0 saturated carbocycles. The fourth-order valence-corrected chi connectivity index (χ4v) is 4.43. The minimum Gasteiger partial charge on any atom is -0.459 e. The maximum atomic E-state index is 13.1. The Morgan fingerprint density at radius 3 is 2.63 bits per heavy atom. The van der Waals surface area contributed by atoms with Gasteiger partial charge < -0.3 is 4.74 Å². The Morgan fingerprint density at radius 2 is 1.90 bits per heavy atom. The molecule has 0 radical (unpaired) electrons. The highest BCUT2D eigenvalue weighted by atomic mass is 35.5. The van der Waals surface area contributed by atoms with Gasteiger partial charge in [0.15, 0.2) is 0 Å². The predicted molar refractivity (Wildman–Crippen MR) is 120 cm³/mol. The number of aromatic nitrogens is 2. The van der Waals surface area contributed by atoms with Crippen LogP contribution < -0.4 is 5.56 Å². The van der Waals surface area contributed by atoms with Crippen LogP contribution >= 0.6 is 22.9 Å². The number of ether oxygens (including phenoxy) is 1. The van der Waals surface area contributed by atoms with Gasteiger partial charge in [0.2, 0.25) is 0 Å². The molecule has 0 aliphatic heterocycles. The maximum Gasteiger partial charge on any atom is 0.329 e. The average molecular weight is 439 g/mol. The second-order valence-electron chi connectivity index (χ2n) is 6.78. The highest BCUT2D eigenvalue weighted by Gasteiger charge is 2.23. The lowest BCUT2D eigenvalue weighted by molar-refractivity contribution is -0.149. The Balaban J connectivity index is 1.61. The Labute approximate surface area is 182 Å². The van der Waals surface area contributed by atoms with Crippen molar-refractivity contribution in [1.82, 2.24) is 9.55 Å². The number of fused-ring (bicyclic) bond motifs is 1. The molecule has 0 aliphatic rings. The summed E-state index contributed by atoms with van der Waals surface area (Å²) in [6.07, 6.45) is 1.84. The second-order valence-corrected chi connectivity index (χ2v) is 8.21. The van der Waals surface area contributed by atoms with Crippen LogP contribution in [-0.2, 0) is 16.1 Å². The highest BCUT2D eigenvalue weighted by molar-refractivity contribution is 7.21. The summed E-state index contributed by atoms with van der Waals surface area (Å²) in [4.78, 5) is 31.9. The summed E-state index contributed by atoms with van der Waals surface area (Å²) in [6, 6.07) is 18.1. The van der Waals surface area contributed by atoms with Crippen molar-refractivity contribution < 1.29 is 9.53 Å². The highest BCUT2D eigenvalue weighted by Crippen LogP contribution is 2.31. The van der Waals surface area contributed by atoms with E-state index in [2.05, 4.69) is 4.98 Å². The van der Waals surface area contributed by atoms with Crippen molar-refractivity contribution in [2.45, 2.75) is 26.0 Å². The molecule has 1 unspecified atom stereocenters. The van der Waals surface area contributed by atoms with Crippen LogP contribution in [0.3, 0.4) is 0 Å². The Morgan fingerprint density at radius 1 is 1.17 bits per heavy atom. The number of esters is 1. The quantitative estimate of drug-likeness (QED) is 0.374. The molecule has 0 fully saturated rings. The van der Waals surface area contributed by atoms with Gasteiger partial charge in [0.05, 0.1) is 11.7 Å². The summed E-state index contributed by atoms with van der Waals surface area (Å²) in [5, 5.41) is 1.03. The summed E-state index contributed by atoms with van der Waals surface area (Å²) in [7, 11) is 0. The van der Waals surface area contributed by atoms with Gasteiger partial charge in [-0.05, 0) is 24.1 Å². The molecule has 5 nitrogen and oxygen atoms in total. The molecule has 0 spiro atoms. The normalized spacial score (nSPS) is 12.1. The molecular weight excluding hydrogens is 420 g/mol. The first kappa shape index (κ1) is 20.3. The van der Waals surface area contributed by atoms with Crippen molar-refractivity contribution in [2.24, 2.45) is 0 Å². The standard InChI is InChI=1S/C23H19ClN2O3S/c1-2-19(23(28)29-13-16-10-6-7-11-18(16)24)26-14-25-21-17(22(26)27)12-20(30-21)15-8-4-3-5-9-15/h3-12,14,19H,2,13H2,1H3. The summed E-state index contributed by atoms with van der Waals surface area (Å²) in [5.41, 5.74) is 1.49. The third-order valence-corrected chi connectivity index (χ3v) is 6.32. The van der Waals surface area contributed by atoms with E-state index in [1.807, 2.05) is 55.5 Å². The lowest BCUT2D eigenvalue weighted by Crippen LogP contribution is -2.30. The molecule has 0 N–H and O–H groups in total. The molecule has 152 valence electrons. The van der Waals surface area contributed by atoms with E-state index in [0.717, 1.165) is 10.4 Å². The first-order valence-electron chi connectivity index (χ1n) is 9.54. The Bertz CT molecular complexity index is 1250. The molecule has 1 atom stereocenters. The molecule has 2 aromatic carbocycles. The number of rotatable bonds is 6. The first-order valence-corrected chi connectivity index (χ1v) is 10.7. The van der Waals surface area contributed by atoms with E-state index in [9.17, 15) is 9.59 Å². The van der Waals surface area contributed by atoms with E-state index in [-0.39, 0.29) is 12.2 Å². The lowest BCUT2D eigenvalue weighted by atomic mass is 10.2. The number of thiophene rings is 1. The van der Waals surface area contributed by atoms with Gasteiger partial charge in [0, 0.05) is 15.5 Å². The van der Waals surface area contributed by atoms with Crippen molar-refractivity contribution in [3.8, 4) is 10.4 Å². The van der Waals surface area contributed by atoms with E-state index in [0.29, 0.717) is 27.2 Å². The number of hydrogen-bond acceptors (Lipinski definition) is 5. The third kappa shape index (κ3) is 4.01. The molecule has 0 saturated heterocycles. The van der Waals surface area contributed by atoms with Gasteiger partial charge in [-0.1, -0.05) is 67.1 Å². The van der Waals surface area contributed by atoms with Gasteiger partial charge >= 0.3 is 5.97 Å². The van der Waals surface area contributed by atoms with Crippen molar-refractivity contribution in [2.75, 3.05) is 0 Å². The van der Waals surface area contributed by atoms with E-state index in [1.54, 1.807) is 12.1 Å². The topological polar surface area (TPSA) is 61.2 Å². The number of carbonyl (C=O) groups excluding carboxylic acids is 1. The molecule has 4 aromatic rings. The molecule has 7 heteroatoms. The molecule has 4 rings (SSSR count). The molecule has 0 bridgehead atoms. The molecule has 0 amide bonds. The SMILES string of the molecule is CCC(C(=O)OCc1ccccc1Cl)n1cnc2sc(-c3ccccc3)cc2c1=O. The monoisotopic (exact) mass is 438 g/mol. The van der Waals surface area contributed by atoms with Gasteiger partial charge in [-0.3, -0.25) is 9.36 Å². The fraction of sp³-hybridized carbons (Fsp3) is 0.174. The number of halogens is 1. The first-order chi connectivity index (χ1) is 14.6. The minimum absolute atomic E-state index is 0.0516. The molecule has 2 aromatic heterocycles. The smallest absolute Gasteiger partial charge is 0.329 e. The lowest BCUT2D eigenvalue weighted by Gasteiger charge is -2.17. The van der Waals surface area contributed by atoms with Gasteiger partial charge in [-0.2, -0.15) is 0 Å². The minimum atomic E-state index is -0.753. The maximum absolute atomic E-state index is 13.1. The zero-order chi connectivity index (χ0) is 21.1. The van der Waals surface area contributed by atoms with E-state index >= 15 is 0 Å². The largest absolute Gasteiger partial charge is 0.459 e. The average Bonchev–Trinajstić information content (AvgIpc) is 3.21. The predicted octanol–water partition coefficient (Wildman–Crippen LogP) is 5.47. The van der Waals surface area contributed by atoms with Crippen LogP contribution in [0.15, 0.2) is 71.8 Å². The fourth-order valence-electron chi connectivity index (χ4n) is 3.24. The summed E-state index contributed by atoms with van der Waals surface area (Å²) in [6.45, 7) is 1.89. The number of nitrogens with zero attached hydrogens (tertiary/aromatic N) is 2. The van der Waals surface area contributed by atoms with Crippen LogP contribution in [0.4, 0.5) is 0 Å². The van der Waals surface area contributed by atoms with Crippen molar-refractivity contribution in [1.29, 1.82) is 0 Å². The molecule has 2 heterocycles. The zero-order valence-electron chi connectivity index (χ0n) is 16.2. The number of hydrogen-bond donors (Lipinski definition) is 0. The van der Waals surface area contributed by atoms with Crippen LogP contribution in [0.5, 0.6) is 0 Å². The zero-order valence-corrected chi connectivity index (χ0v) is 17.8. The van der Waals surface area contributed by atoms with E-state index in [4.69, 9.17) is 16.3 Å². The van der Waals surface area contributed by atoms with Crippen molar-refractivity contribution >= 4 is 39.1 Å². The number of carbonyl (C=O) groups is 1. The van der Waals surface area contributed by atoms with Crippen LogP contribution in [0.2, 0.25) is 5.02 Å². The van der Waals surface area contributed by atoms with Gasteiger partial charge in [-0.15, -0.1) is 11.3 Å². The summed E-state index contributed by atoms with van der Waals surface area (Å²) >= 11 is 7.58. The van der Waals surface area contributed by atoms with Crippen LogP contribution in [0, 0.1) is 0 Å². The molecular formula is C23H19ClN2O3S. The van der Waals surface area contributed by atoms with Gasteiger partial charge in [0.1, 0.15) is 17.5 Å². The van der Waals surface area contributed by atoms with E-state index < -0.39 is 12.0 Å². The molecule has 0 aliphatic carbocycles. The van der Waals surface area contributed by atoms with Crippen molar-refractivity contribution in [3.63, 3.8) is 0 Å². The molecule has 30 heavy (non-hydrogen) atoms. The van der Waals surface area contributed by atoms with Crippen molar-refractivity contribution in [3.05, 3.63) is 87.9 Å². The van der Waals surface area contributed by atoms with E-state index in [1.165, 1.54) is 22.2 Å². The third-order valence-electron chi connectivity index (χ3n) is 4.86. The Hall–Kier alpha value is -2.96.